The fourth-order valence-corrected chi connectivity index (χ4v) is 3.75. The molecule has 0 atom stereocenters. The van der Waals surface area contributed by atoms with Crippen molar-refractivity contribution >= 4 is 35.1 Å². The Labute approximate surface area is 179 Å². The highest BCUT2D eigenvalue weighted by Crippen LogP contribution is 2.24. The first-order valence-corrected chi connectivity index (χ1v) is 10.7. The van der Waals surface area contributed by atoms with Gasteiger partial charge in [-0.1, -0.05) is 42.4 Å². The number of furan rings is 1. The number of thioether (sulfide) groups is 1. The van der Waals surface area contributed by atoms with Gasteiger partial charge in [0.2, 0.25) is 0 Å². The van der Waals surface area contributed by atoms with E-state index in [4.69, 9.17) is 16.0 Å². The van der Waals surface area contributed by atoms with Crippen molar-refractivity contribution in [1.29, 1.82) is 0 Å². The van der Waals surface area contributed by atoms with Crippen LogP contribution in [0.5, 0.6) is 0 Å². The molecule has 0 unspecified atom stereocenters. The number of carbonyl (C=O) groups is 1. The predicted molar refractivity (Wildman–Crippen MR) is 116 cm³/mol. The van der Waals surface area contributed by atoms with Gasteiger partial charge in [0.25, 0.3) is 5.91 Å². The number of anilines is 1. The van der Waals surface area contributed by atoms with Gasteiger partial charge in [-0.2, -0.15) is 0 Å². The Hall–Kier alpha value is -2.51. The minimum absolute atomic E-state index is 0.143. The van der Waals surface area contributed by atoms with Crippen LogP contribution in [0.4, 0.5) is 5.82 Å². The number of rotatable bonds is 9. The maximum atomic E-state index is 12.4. The number of hydrogen-bond donors (Lipinski definition) is 1. The van der Waals surface area contributed by atoms with Gasteiger partial charge in [-0.25, -0.2) is 9.97 Å². The lowest BCUT2D eigenvalue weighted by molar-refractivity contribution is 0.0948. The number of nitrogens with one attached hydrogen (secondary N) is 1. The number of benzene rings is 1. The number of amides is 1. The molecule has 0 bridgehead atoms. The van der Waals surface area contributed by atoms with Gasteiger partial charge in [0.05, 0.1) is 12.8 Å². The summed E-state index contributed by atoms with van der Waals surface area (Å²) in [5, 5.41) is 3.89. The molecule has 152 valence electrons. The van der Waals surface area contributed by atoms with Crippen LogP contribution >= 0.6 is 23.4 Å². The van der Waals surface area contributed by atoms with E-state index in [0.29, 0.717) is 33.9 Å². The highest BCUT2D eigenvalue weighted by atomic mass is 35.5. The summed E-state index contributed by atoms with van der Waals surface area (Å²) in [6, 6.07) is 12.9. The zero-order chi connectivity index (χ0) is 20.6. The van der Waals surface area contributed by atoms with Crippen LogP contribution in [0.15, 0.2) is 58.3 Å². The van der Waals surface area contributed by atoms with Crippen LogP contribution in [0, 0.1) is 0 Å². The monoisotopic (exact) mass is 430 g/mol. The third kappa shape index (κ3) is 6.24. The van der Waals surface area contributed by atoms with Crippen molar-refractivity contribution in [2.45, 2.75) is 30.8 Å². The molecule has 29 heavy (non-hydrogen) atoms. The van der Waals surface area contributed by atoms with Gasteiger partial charge in [-0.3, -0.25) is 4.79 Å². The van der Waals surface area contributed by atoms with Crippen LogP contribution in [0.25, 0.3) is 0 Å². The van der Waals surface area contributed by atoms with Crippen LogP contribution < -0.4 is 10.2 Å². The van der Waals surface area contributed by atoms with E-state index in [0.717, 1.165) is 24.3 Å². The molecule has 2 heterocycles. The lowest BCUT2D eigenvalue weighted by atomic mass is 10.1. The highest BCUT2D eigenvalue weighted by Gasteiger charge is 2.10. The van der Waals surface area contributed by atoms with E-state index in [1.165, 1.54) is 11.8 Å². The van der Waals surface area contributed by atoms with Gasteiger partial charge in [0.15, 0.2) is 5.16 Å². The summed E-state index contributed by atoms with van der Waals surface area (Å²) in [6.07, 6.45) is 2.61. The van der Waals surface area contributed by atoms with E-state index in [1.807, 2.05) is 31.3 Å². The molecule has 0 aliphatic rings. The average Bonchev–Trinajstić information content (AvgIpc) is 3.24. The quantitative estimate of drug-likeness (QED) is 0.299. The van der Waals surface area contributed by atoms with Crippen LogP contribution in [0.1, 0.15) is 35.0 Å². The Kier molecular flexibility index (Phi) is 7.55. The molecule has 0 radical (unpaired) electrons. The zero-order valence-electron chi connectivity index (χ0n) is 16.4. The van der Waals surface area contributed by atoms with E-state index in [9.17, 15) is 4.79 Å². The molecule has 0 saturated carbocycles. The summed E-state index contributed by atoms with van der Waals surface area (Å²) in [5.74, 6) is 2.01. The standard InChI is InChI=1S/C21H23ClN4O2S/c1-3-9-26(2)19-12-18(22)24-21(25-19)29-14-15-6-4-7-16(11-15)20(27)23-13-17-8-5-10-28-17/h4-8,10-12H,3,9,13-14H2,1-2H3,(H,23,27). The Balaban J connectivity index is 1.62. The maximum Gasteiger partial charge on any atom is 0.251 e. The Morgan fingerprint density at radius 1 is 1.24 bits per heavy atom. The Morgan fingerprint density at radius 3 is 2.86 bits per heavy atom. The normalized spacial score (nSPS) is 10.7. The molecule has 1 aromatic carbocycles. The van der Waals surface area contributed by atoms with E-state index in [1.54, 1.807) is 24.5 Å². The average molecular weight is 431 g/mol. The smallest absolute Gasteiger partial charge is 0.251 e. The maximum absolute atomic E-state index is 12.4. The van der Waals surface area contributed by atoms with Crippen LogP contribution in [-0.2, 0) is 12.3 Å². The van der Waals surface area contributed by atoms with Crippen molar-refractivity contribution in [3.8, 4) is 0 Å². The van der Waals surface area contributed by atoms with Crippen molar-refractivity contribution < 1.29 is 9.21 Å². The van der Waals surface area contributed by atoms with Gasteiger partial charge < -0.3 is 14.6 Å². The second-order valence-electron chi connectivity index (χ2n) is 6.50. The van der Waals surface area contributed by atoms with Gasteiger partial charge >= 0.3 is 0 Å². The fraction of sp³-hybridized carbons (Fsp3) is 0.286. The van der Waals surface area contributed by atoms with Crippen molar-refractivity contribution in [3.63, 3.8) is 0 Å². The Bertz CT molecular complexity index is 950. The number of aromatic nitrogens is 2. The molecule has 1 amide bonds. The minimum atomic E-state index is -0.143. The summed E-state index contributed by atoms with van der Waals surface area (Å²) < 4.78 is 5.24. The second kappa shape index (κ2) is 10.3. The third-order valence-corrected chi connectivity index (χ3v) is 5.28. The summed E-state index contributed by atoms with van der Waals surface area (Å²) >= 11 is 7.66. The van der Waals surface area contributed by atoms with E-state index in [2.05, 4.69) is 27.1 Å². The molecule has 8 heteroatoms. The molecule has 3 rings (SSSR count). The topological polar surface area (TPSA) is 71.3 Å². The third-order valence-electron chi connectivity index (χ3n) is 4.17. The second-order valence-corrected chi connectivity index (χ2v) is 7.83. The molecule has 0 fully saturated rings. The summed E-state index contributed by atoms with van der Waals surface area (Å²) in [5.41, 5.74) is 1.61. The first kappa shape index (κ1) is 21.2. The predicted octanol–water partition coefficient (Wildman–Crippen LogP) is 4.79. The summed E-state index contributed by atoms with van der Waals surface area (Å²) in [7, 11) is 1.99. The minimum Gasteiger partial charge on any atom is -0.467 e. The molecule has 2 aromatic heterocycles. The zero-order valence-corrected chi connectivity index (χ0v) is 18.0. The first-order chi connectivity index (χ1) is 14.0. The number of hydrogen-bond acceptors (Lipinski definition) is 6. The lowest BCUT2D eigenvalue weighted by Gasteiger charge is -2.17. The van der Waals surface area contributed by atoms with Gasteiger partial charge in [0, 0.05) is 31.0 Å². The van der Waals surface area contributed by atoms with Crippen molar-refractivity contribution in [2.24, 2.45) is 0 Å². The van der Waals surface area contributed by atoms with Crippen LogP contribution in [0.2, 0.25) is 5.15 Å². The fourth-order valence-electron chi connectivity index (χ4n) is 2.73. The molecule has 3 aromatic rings. The first-order valence-electron chi connectivity index (χ1n) is 9.33. The van der Waals surface area contributed by atoms with Crippen molar-refractivity contribution in [3.05, 3.63) is 70.8 Å². The van der Waals surface area contributed by atoms with Crippen LogP contribution in [0.3, 0.4) is 0 Å². The Morgan fingerprint density at radius 2 is 2.10 bits per heavy atom. The van der Waals surface area contributed by atoms with Crippen molar-refractivity contribution in [2.75, 3.05) is 18.5 Å². The molecule has 0 spiro atoms. The number of halogens is 1. The highest BCUT2D eigenvalue weighted by molar-refractivity contribution is 7.98. The molecular weight excluding hydrogens is 408 g/mol. The van der Waals surface area contributed by atoms with Gasteiger partial charge in [-0.05, 0) is 36.2 Å². The van der Waals surface area contributed by atoms with E-state index >= 15 is 0 Å². The molecule has 0 aliphatic heterocycles. The van der Waals surface area contributed by atoms with Crippen molar-refractivity contribution in [1.82, 2.24) is 15.3 Å². The number of carbonyl (C=O) groups excluding carboxylic acids is 1. The molecule has 0 saturated heterocycles. The molecule has 1 N–H and O–H groups in total. The van der Waals surface area contributed by atoms with E-state index in [-0.39, 0.29) is 5.91 Å². The van der Waals surface area contributed by atoms with E-state index < -0.39 is 0 Å². The van der Waals surface area contributed by atoms with Gasteiger partial charge in [-0.15, -0.1) is 0 Å². The molecule has 6 nitrogen and oxygen atoms in total. The summed E-state index contributed by atoms with van der Waals surface area (Å²) in [4.78, 5) is 23.3. The number of nitrogens with zero attached hydrogens (tertiary/aromatic N) is 3. The SMILES string of the molecule is CCCN(C)c1cc(Cl)nc(SCc2cccc(C(=O)NCc3ccco3)c2)n1. The summed E-state index contributed by atoms with van der Waals surface area (Å²) in [6.45, 7) is 3.37. The molecular formula is C21H23ClN4O2S. The molecule has 0 aliphatic carbocycles. The van der Waals surface area contributed by atoms with Crippen LogP contribution in [-0.4, -0.2) is 29.5 Å². The van der Waals surface area contributed by atoms with Gasteiger partial charge in [0.1, 0.15) is 16.7 Å². The largest absolute Gasteiger partial charge is 0.467 e. The lowest BCUT2D eigenvalue weighted by Crippen LogP contribution is -2.22.